The molecule has 6 nitrogen and oxygen atoms in total. The van der Waals surface area contributed by atoms with E-state index in [0.717, 1.165) is 24.2 Å². The smallest absolute Gasteiger partial charge is 0.148 e. The summed E-state index contributed by atoms with van der Waals surface area (Å²) < 4.78 is 0. The van der Waals surface area contributed by atoms with Crippen molar-refractivity contribution in [3.8, 4) is 0 Å². The molecule has 1 aromatic heterocycles. The van der Waals surface area contributed by atoms with Gasteiger partial charge in [0.15, 0.2) is 0 Å². The topological polar surface area (TPSA) is 96.1 Å². The lowest BCUT2D eigenvalue weighted by Crippen LogP contribution is -2.27. The Morgan fingerprint density at radius 2 is 2.06 bits per heavy atom. The van der Waals surface area contributed by atoms with Crippen molar-refractivity contribution in [2.24, 2.45) is 5.84 Å². The highest BCUT2D eigenvalue weighted by Crippen LogP contribution is 2.40. The van der Waals surface area contributed by atoms with Crippen molar-refractivity contribution in [1.82, 2.24) is 9.97 Å². The van der Waals surface area contributed by atoms with Gasteiger partial charge in [0.05, 0.1) is 12.1 Å². The van der Waals surface area contributed by atoms with Crippen LogP contribution in [0.1, 0.15) is 38.2 Å². The fourth-order valence-electron chi connectivity index (χ4n) is 1.88. The maximum Gasteiger partial charge on any atom is 0.148 e. The van der Waals surface area contributed by atoms with Crippen LogP contribution >= 0.6 is 0 Å². The SMILES string of the molecule is CC(C)c1c(NN)ncnc1NC1(CO)CC1. The molecular formula is C11H19N5O. The molecule has 1 saturated carbocycles. The van der Waals surface area contributed by atoms with Crippen molar-refractivity contribution in [2.75, 3.05) is 17.3 Å². The number of hydrogen-bond acceptors (Lipinski definition) is 6. The minimum Gasteiger partial charge on any atom is -0.394 e. The van der Waals surface area contributed by atoms with E-state index in [0.29, 0.717) is 5.82 Å². The Bertz CT molecular complexity index is 403. The molecule has 2 rings (SSSR count). The number of nitrogen functional groups attached to an aromatic ring is 1. The minimum absolute atomic E-state index is 0.125. The van der Waals surface area contributed by atoms with E-state index in [1.165, 1.54) is 6.33 Å². The van der Waals surface area contributed by atoms with E-state index in [9.17, 15) is 5.11 Å². The number of hydrazine groups is 1. The Kier molecular flexibility index (Phi) is 3.17. The van der Waals surface area contributed by atoms with Crippen LogP contribution in [0.4, 0.5) is 11.6 Å². The Morgan fingerprint density at radius 1 is 1.41 bits per heavy atom. The van der Waals surface area contributed by atoms with E-state index in [2.05, 4.69) is 34.6 Å². The molecule has 17 heavy (non-hydrogen) atoms. The Morgan fingerprint density at radius 3 is 2.53 bits per heavy atom. The normalized spacial score (nSPS) is 17.0. The third-order valence-electron chi connectivity index (χ3n) is 3.14. The summed E-state index contributed by atoms with van der Waals surface area (Å²) in [4.78, 5) is 8.36. The zero-order valence-corrected chi connectivity index (χ0v) is 10.2. The number of rotatable bonds is 5. The van der Waals surface area contributed by atoms with E-state index >= 15 is 0 Å². The summed E-state index contributed by atoms with van der Waals surface area (Å²) in [6.07, 6.45) is 3.41. The molecule has 0 aliphatic heterocycles. The van der Waals surface area contributed by atoms with Crippen molar-refractivity contribution in [3.05, 3.63) is 11.9 Å². The van der Waals surface area contributed by atoms with Crippen LogP contribution in [0.3, 0.4) is 0 Å². The molecule has 0 amide bonds. The predicted molar refractivity (Wildman–Crippen MR) is 66.6 cm³/mol. The summed E-state index contributed by atoms with van der Waals surface area (Å²) >= 11 is 0. The zero-order valence-electron chi connectivity index (χ0n) is 10.2. The molecule has 0 saturated heterocycles. The average Bonchev–Trinajstić information content (AvgIpc) is 3.08. The molecule has 0 unspecified atom stereocenters. The molecular weight excluding hydrogens is 218 g/mol. The van der Waals surface area contributed by atoms with Gasteiger partial charge in [-0.05, 0) is 18.8 Å². The lowest BCUT2D eigenvalue weighted by Gasteiger charge is -2.20. The first kappa shape index (κ1) is 12.1. The van der Waals surface area contributed by atoms with Gasteiger partial charge in [-0.25, -0.2) is 15.8 Å². The van der Waals surface area contributed by atoms with Crippen LogP contribution < -0.4 is 16.6 Å². The second kappa shape index (κ2) is 4.46. The highest BCUT2D eigenvalue weighted by molar-refractivity contribution is 5.60. The van der Waals surface area contributed by atoms with Gasteiger partial charge in [0.1, 0.15) is 18.0 Å². The van der Waals surface area contributed by atoms with E-state index in [-0.39, 0.29) is 18.1 Å². The van der Waals surface area contributed by atoms with Gasteiger partial charge >= 0.3 is 0 Å². The molecule has 1 heterocycles. The van der Waals surface area contributed by atoms with Gasteiger partial charge in [-0.3, -0.25) is 0 Å². The van der Waals surface area contributed by atoms with Crippen LogP contribution in [-0.4, -0.2) is 27.2 Å². The number of aliphatic hydroxyl groups excluding tert-OH is 1. The fourth-order valence-corrected chi connectivity index (χ4v) is 1.88. The van der Waals surface area contributed by atoms with Crippen molar-refractivity contribution in [1.29, 1.82) is 0 Å². The number of anilines is 2. The summed E-state index contributed by atoms with van der Waals surface area (Å²) in [5, 5.41) is 12.6. The second-order valence-electron chi connectivity index (χ2n) is 4.85. The minimum atomic E-state index is -0.191. The lowest BCUT2D eigenvalue weighted by atomic mass is 10.0. The molecule has 0 bridgehead atoms. The van der Waals surface area contributed by atoms with Crippen molar-refractivity contribution in [3.63, 3.8) is 0 Å². The third-order valence-corrected chi connectivity index (χ3v) is 3.14. The highest BCUT2D eigenvalue weighted by Gasteiger charge is 2.43. The lowest BCUT2D eigenvalue weighted by molar-refractivity contribution is 0.266. The monoisotopic (exact) mass is 237 g/mol. The third kappa shape index (κ3) is 2.32. The first-order chi connectivity index (χ1) is 8.12. The summed E-state index contributed by atoms with van der Waals surface area (Å²) in [6, 6.07) is 0. The van der Waals surface area contributed by atoms with Gasteiger partial charge in [0.2, 0.25) is 0 Å². The van der Waals surface area contributed by atoms with Gasteiger partial charge < -0.3 is 15.8 Å². The van der Waals surface area contributed by atoms with E-state index in [4.69, 9.17) is 5.84 Å². The summed E-state index contributed by atoms with van der Waals surface area (Å²) in [5.74, 6) is 7.09. The Labute approximate surface area is 101 Å². The maximum atomic E-state index is 9.33. The maximum absolute atomic E-state index is 9.33. The van der Waals surface area contributed by atoms with Crippen LogP contribution in [0, 0.1) is 0 Å². The number of nitrogens with one attached hydrogen (secondary N) is 2. The molecule has 6 heteroatoms. The number of aromatic nitrogens is 2. The van der Waals surface area contributed by atoms with Crippen LogP contribution in [0.2, 0.25) is 0 Å². The van der Waals surface area contributed by atoms with E-state index in [1.54, 1.807) is 0 Å². The first-order valence-electron chi connectivity index (χ1n) is 5.82. The predicted octanol–water partition coefficient (Wildman–Crippen LogP) is 0.822. The van der Waals surface area contributed by atoms with Crippen LogP contribution in [-0.2, 0) is 0 Å². The summed E-state index contributed by atoms with van der Waals surface area (Å²) in [5.41, 5.74) is 3.35. The molecule has 1 fully saturated rings. The molecule has 0 spiro atoms. The van der Waals surface area contributed by atoms with Crippen molar-refractivity contribution >= 4 is 11.6 Å². The van der Waals surface area contributed by atoms with Gasteiger partial charge in [-0.1, -0.05) is 13.8 Å². The van der Waals surface area contributed by atoms with Crippen molar-refractivity contribution in [2.45, 2.75) is 38.1 Å². The molecule has 1 aromatic rings. The summed E-state index contributed by atoms with van der Waals surface area (Å²) in [7, 11) is 0. The molecule has 94 valence electrons. The molecule has 5 N–H and O–H groups in total. The Balaban J connectivity index is 2.32. The Hall–Kier alpha value is -1.40. The number of hydrogen-bond donors (Lipinski definition) is 4. The first-order valence-corrected chi connectivity index (χ1v) is 5.82. The van der Waals surface area contributed by atoms with Crippen LogP contribution in [0.5, 0.6) is 0 Å². The molecule has 0 aromatic carbocycles. The van der Waals surface area contributed by atoms with E-state index < -0.39 is 0 Å². The fraction of sp³-hybridized carbons (Fsp3) is 0.636. The average molecular weight is 237 g/mol. The van der Waals surface area contributed by atoms with Gasteiger partial charge in [0.25, 0.3) is 0 Å². The molecule has 1 aliphatic rings. The highest BCUT2D eigenvalue weighted by atomic mass is 16.3. The zero-order chi connectivity index (χ0) is 12.5. The molecule has 1 aliphatic carbocycles. The summed E-state index contributed by atoms with van der Waals surface area (Å²) in [6.45, 7) is 4.24. The van der Waals surface area contributed by atoms with E-state index in [1.807, 2.05) is 0 Å². The van der Waals surface area contributed by atoms with Gasteiger partial charge in [-0.15, -0.1) is 0 Å². The van der Waals surface area contributed by atoms with Crippen molar-refractivity contribution < 1.29 is 5.11 Å². The van der Waals surface area contributed by atoms with Gasteiger partial charge in [0, 0.05) is 5.56 Å². The number of nitrogens with two attached hydrogens (primary N) is 1. The van der Waals surface area contributed by atoms with Crippen LogP contribution in [0.15, 0.2) is 6.33 Å². The number of aliphatic hydroxyl groups is 1. The quantitative estimate of drug-likeness (QED) is 0.447. The van der Waals surface area contributed by atoms with Crippen LogP contribution in [0.25, 0.3) is 0 Å². The van der Waals surface area contributed by atoms with Gasteiger partial charge in [-0.2, -0.15) is 0 Å². The second-order valence-corrected chi connectivity index (χ2v) is 4.85. The number of nitrogens with zero attached hydrogens (tertiary/aromatic N) is 2. The molecule has 0 atom stereocenters. The standard InChI is InChI=1S/C11H19N5O/c1-7(2)8-9(13-6-14-10(8)16-12)15-11(5-17)3-4-11/h6-7,17H,3-5,12H2,1-2H3,(H2,13,14,15,16). The molecule has 0 radical (unpaired) electrons. The largest absolute Gasteiger partial charge is 0.394 e.